The van der Waals surface area contributed by atoms with Gasteiger partial charge < -0.3 is 25.4 Å². The Morgan fingerprint density at radius 2 is 1.82 bits per heavy atom. The standard InChI is InChI=1S/C31H38N6O3/c38-26-18-29-31(39)34-10-1-9-32-19-22-2-5-24(6-3-22)27-8-11-33-30(35-27)17-23-4-7-28(36-12-14-40-15-13-36)25(16-23)20-37(29)21-26/h2-8,11,16,26,29,32,38H,1,9-10,12-15,17-21H2,(H,34,39)/t26-,29+/m1/s1. The molecule has 0 spiro atoms. The van der Waals surface area contributed by atoms with Crippen molar-refractivity contribution in [3.8, 4) is 11.3 Å². The van der Waals surface area contributed by atoms with Crippen molar-refractivity contribution >= 4 is 11.6 Å². The molecular formula is C31H38N6O3. The predicted molar refractivity (Wildman–Crippen MR) is 154 cm³/mol. The van der Waals surface area contributed by atoms with Gasteiger partial charge in [0.15, 0.2) is 0 Å². The highest BCUT2D eigenvalue weighted by Gasteiger charge is 2.36. The Morgan fingerprint density at radius 3 is 2.67 bits per heavy atom. The van der Waals surface area contributed by atoms with Gasteiger partial charge in [-0.25, -0.2) is 9.97 Å². The number of rotatable bonds is 1. The van der Waals surface area contributed by atoms with E-state index in [1.165, 1.54) is 5.56 Å². The molecule has 4 aliphatic rings. The van der Waals surface area contributed by atoms with Gasteiger partial charge in [0, 0.05) is 63.1 Å². The second-order valence-electron chi connectivity index (χ2n) is 11.0. The molecule has 210 valence electrons. The van der Waals surface area contributed by atoms with Crippen molar-refractivity contribution in [2.75, 3.05) is 50.8 Å². The number of nitrogens with zero attached hydrogens (tertiary/aromatic N) is 4. The van der Waals surface area contributed by atoms with E-state index in [9.17, 15) is 9.90 Å². The van der Waals surface area contributed by atoms with E-state index >= 15 is 0 Å². The Morgan fingerprint density at radius 1 is 1.00 bits per heavy atom. The zero-order chi connectivity index (χ0) is 27.3. The summed E-state index contributed by atoms with van der Waals surface area (Å²) in [4.78, 5) is 27.2. The summed E-state index contributed by atoms with van der Waals surface area (Å²) in [6.45, 7) is 6.31. The molecule has 0 saturated carbocycles. The molecule has 2 aromatic carbocycles. The van der Waals surface area contributed by atoms with Crippen molar-refractivity contribution in [1.29, 1.82) is 0 Å². The number of morpholine rings is 1. The lowest BCUT2D eigenvalue weighted by molar-refractivity contribution is -0.125. The van der Waals surface area contributed by atoms with Gasteiger partial charge in [0.25, 0.3) is 0 Å². The topological polar surface area (TPSA) is 103 Å². The first-order chi connectivity index (χ1) is 19.6. The first-order valence-corrected chi connectivity index (χ1v) is 14.4. The average molecular weight is 543 g/mol. The second kappa shape index (κ2) is 12.4. The Hall–Kier alpha value is -3.37. The van der Waals surface area contributed by atoms with Crippen LogP contribution >= 0.6 is 0 Å². The fourth-order valence-corrected chi connectivity index (χ4v) is 5.93. The molecule has 3 N–H and O–H groups in total. The van der Waals surface area contributed by atoms with Gasteiger partial charge in [0.1, 0.15) is 5.82 Å². The van der Waals surface area contributed by atoms with E-state index in [-0.39, 0.29) is 11.9 Å². The quantitative estimate of drug-likeness (QED) is 0.430. The van der Waals surface area contributed by atoms with Crippen molar-refractivity contribution in [3.05, 3.63) is 77.2 Å². The Labute approximate surface area is 235 Å². The summed E-state index contributed by atoms with van der Waals surface area (Å²) in [6.07, 6.45) is 3.22. The Bertz CT molecular complexity index is 1310. The van der Waals surface area contributed by atoms with Gasteiger partial charge in [0.05, 0.1) is 31.1 Å². The lowest BCUT2D eigenvalue weighted by Gasteiger charge is -2.32. The van der Waals surface area contributed by atoms with Crippen LogP contribution in [-0.4, -0.2) is 84.0 Å². The second-order valence-corrected chi connectivity index (χ2v) is 11.0. The summed E-state index contributed by atoms with van der Waals surface area (Å²) in [6, 6.07) is 16.7. The van der Waals surface area contributed by atoms with E-state index < -0.39 is 6.10 Å². The molecular weight excluding hydrogens is 504 g/mol. The van der Waals surface area contributed by atoms with Gasteiger partial charge in [-0.2, -0.15) is 0 Å². The van der Waals surface area contributed by atoms with Gasteiger partial charge >= 0.3 is 0 Å². The molecule has 0 radical (unpaired) electrons. The van der Waals surface area contributed by atoms with Crippen LogP contribution < -0.4 is 15.5 Å². The van der Waals surface area contributed by atoms with Crippen molar-refractivity contribution in [2.24, 2.45) is 0 Å². The highest BCUT2D eigenvalue weighted by Crippen LogP contribution is 2.29. The number of hydrogen-bond donors (Lipinski definition) is 3. The molecule has 5 heterocycles. The number of amides is 1. The first kappa shape index (κ1) is 26.8. The zero-order valence-corrected chi connectivity index (χ0v) is 22.9. The number of fused-ring (bicyclic) bond motifs is 8. The monoisotopic (exact) mass is 542 g/mol. The maximum atomic E-state index is 13.2. The number of anilines is 1. The zero-order valence-electron chi connectivity index (χ0n) is 22.9. The molecule has 2 fully saturated rings. The molecule has 7 rings (SSSR count). The minimum atomic E-state index is -0.514. The number of hydrogen-bond acceptors (Lipinski definition) is 8. The number of carbonyl (C=O) groups excluding carboxylic acids is 1. The van der Waals surface area contributed by atoms with Gasteiger partial charge in [-0.1, -0.05) is 36.4 Å². The minimum absolute atomic E-state index is 0.00711. The molecule has 6 bridgehead atoms. The Kier molecular flexibility index (Phi) is 8.34. The highest BCUT2D eigenvalue weighted by molar-refractivity contribution is 5.82. The molecule has 2 atom stereocenters. The van der Waals surface area contributed by atoms with Gasteiger partial charge in [0.2, 0.25) is 5.91 Å². The van der Waals surface area contributed by atoms with Crippen LogP contribution in [0.1, 0.15) is 35.4 Å². The van der Waals surface area contributed by atoms with Crippen LogP contribution in [0.3, 0.4) is 0 Å². The third-order valence-corrected chi connectivity index (χ3v) is 8.03. The molecule has 1 amide bonds. The summed E-state index contributed by atoms with van der Waals surface area (Å²) >= 11 is 0. The minimum Gasteiger partial charge on any atom is -0.392 e. The van der Waals surface area contributed by atoms with Crippen LogP contribution in [0.5, 0.6) is 0 Å². The van der Waals surface area contributed by atoms with Gasteiger partial charge in [-0.05, 0) is 48.2 Å². The van der Waals surface area contributed by atoms with Crippen LogP contribution in [0.25, 0.3) is 11.3 Å². The van der Waals surface area contributed by atoms with Crippen LogP contribution in [0.15, 0.2) is 54.7 Å². The molecule has 9 heteroatoms. The third kappa shape index (κ3) is 6.33. The summed E-state index contributed by atoms with van der Waals surface area (Å²) in [7, 11) is 0. The van der Waals surface area contributed by atoms with Crippen LogP contribution in [-0.2, 0) is 29.0 Å². The fourth-order valence-electron chi connectivity index (χ4n) is 5.93. The van der Waals surface area contributed by atoms with E-state index in [0.717, 1.165) is 66.5 Å². The molecule has 0 unspecified atom stereocenters. The first-order valence-electron chi connectivity index (χ1n) is 14.4. The predicted octanol–water partition coefficient (Wildman–Crippen LogP) is 2.12. The van der Waals surface area contributed by atoms with E-state index in [1.807, 2.05) is 12.3 Å². The summed E-state index contributed by atoms with van der Waals surface area (Å²) in [5.74, 6) is 0.764. The van der Waals surface area contributed by atoms with Crippen LogP contribution in [0.4, 0.5) is 5.69 Å². The number of benzene rings is 2. The molecule has 40 heavy (non-hydrogen) atoms. The van der Waals surface area contributed by atoms with Crippen LogP contribution in [0, 0.1) is 0 Å². The van der Waals surface area contributed by atoms with E-state index in [2.05, 4.69) is 67.9 Å². The number of nitrogens with one attached hydrogen (secondary N) is 2. The largest absolute Gasteiger partial charge is 0.392 e. The van der Waals surface area contributed by atoms with Crippen LogP contribution in [0.2, 0.25) is 0 Å². The highest BCUT2D eigenvalue weighted by atomic mass is 16.5. The summed E-state index contributed by atoms with van der Waals surface area (Å²) in [5, 5.41) is 17.1. The Balaban J connectivity index is 1.34. The number of aliphatic hydroxyl groups excluding tert-OH is 1. The molecule has 4 aliphatic heterocycles. The SMILES string of the molecule is O=C1NCCCNCc2ccc(cc2)-c2ccnc(n2)Cc2ccc(N3CCOCC3)c(c2)CN2C[C@H](O)C[C@@H]12. The normalized spacial score (nSPS) is 22.8. The molecule has 1 aromatic heterocycles. The maximum Gasteiger partial charge on any atom is 0.237 e. The lowest BCUT2D eigenvalue weighted by atomic mass is 10.0. The fraction of sp³-hybridized carbons (Fsp3) is 0.452. The smallest absolute Gasteiger partial charge is 0.237 e. The van der Waals surface area contributed by atoms with E-state index in [4.69, 9.17) is 9.72 Å². The van der Waals surface area contributed by atoms with E-state index in [0.29, 0.717) is 45.7 Å². The van der Waals surface area contributed by atoms with Crippen molar-refractivity contribution in [3.63, 3.8) is 0 Å². The molecule has 3 aromatic rings. The van der Waals surface area contributed by atoms with E-state index in [1.54, 1.807) is 0 Å². The van der Waals surface area contributed by atoms with Crippen molar-refractivity contribution in [2.45, 2.75) is 44.5 Å². The van der Waals surface area contributed by atoms with Crippen molar-refractivity contribution < 1.29 is 14.6 Å². The van der Waals surface area contributed by atoms with Crippen molar-refractivity contribution in [1.82, 2.24) is 25.5 Å². The number of aromatic nitrogens is 2. The molecule has 9 nitrogen and oxygen atoms in total. The summed E-state index contributed by atoms with van der Waals surface area (Å²) in [5.41, 5.74) is 6.62. The number of aliphatic hydroxyl groups is 1. The van der Waals surface area contributed by atoms with Gasteiger partial charge in [-0.15, -0.1) is 0 Å². The number of ether oxygens (including phenoxy) is 1. The third-order valence-electron chi connectivity index (χ3n) is 8.03. The van der Waals surface area contributed by atoms with Gasteiger partial charge in [-0.3, -0.25) is 9.69 Å². The average Bonchev–Trinajstić information content (AvgIpc) is 3.35. The molecule has 2 saturated heterocycles. The number of carbonyl (C=O) groups is 1. The maximum absolute atomic E-state index is 13.2. The lowest BCUT2D eigenvalue weighted by Crippen LogP contribution is -2.44. The molecule has 0 aliphatic carbocycles. The summed E-state index contributed by atoms with van der Waals surface area (Å²) < 4.78 is 5.61.